The normalized spacial score (nSPS) is 19.4. The molecular formula is C24H32N4O. The molecule has 0 bridgehead atoms. The standard InChI is InChI=1S/C24H32N4O/c1-26-14-16-27(17-15-26)19-22-4-2-20(3-5-22)18-21-8-12-28(13-9-21)24(29)23-6-10-25-11-7-23/h2-7,10-11,21H,8-9,12-19H2,1H3. The van der Waals surface area contributed by atoms with Crippen LogP contribution in [-0.2, 0) is 13.0 Å². The van der Waals surface area contributed by atoms with Gasteiger partial charge in [-0.05, 0) is 55.5 Å². The highest BCUT2D eigenvalue weighted by atomic mass is 16.2. The largest absolute Gasteiger partial charge is 0.339 e. The number of likely N-dealkylation sites (tertiary alicyclic amines) is 1. The number of rotatable bonds is 5. The SMILES string of the molecule is CN1CCN(Cc2ccc(CC3CCN(C(=O)c4ccncc4)CC3)cc2)CC1. The average molecular weight is 393 g/mol. The number of amides is 1. The fraction of sp³-hybridized carbons (Fsp3) is 0.500. The van der Waals surface area contributed by atoms with Crippen LogP contribution in [0.5, 0.6) is 0 Å². The number of piperazine rings is 1. The lowest BCUT2D eigenvalue weighted by Crippen LogP contribution is -2.43. The van der Waals surface area contributed by atoms with Gasteiger partial charge < -0.3 is 9.80 Å². The molecule has 3 heterocycles. The van der Waals surface area contributed by atoms with Gasteiger partial charge in [0.1, 0.15) is 0 Å². The molecule has 2 aliphatic heterocycles. The van der Waals surface area contributed by atoms with Gasteiger partial charge in [0.15, 0.2) is 0 Å². The first-order valence-corrected chi connectivity index (χ1v) is 10.9. The van der Waals surface area contributed by atoms with E-state index in [9.17, 15) is 4.79 Å². The highest BCUT2D eigenvalue weighted by Crippen LogP contribution is 2.23. The third-order valence-electron chi connectivity index (χ3n) is 6.38. The number of hydrogen-bond donors (Lipinski definition) is 0. The topological polar surface area (TPSA) is 39.7 Å². The predicted molar refractivity (Wildman–Crippen MR) is 116 cm³/mol. The molecule has 0 spiro atoms. The van der Waals surface area contributed by atoms with Gasteiger partial charge in [-0.2, -0.15) is 0 Å². The van der Waals surface area contributed by atoms with Crippen LogP contribution in [0.3, 0.4) is 0 Å². The number of likely N-dealkylation sites (N-methyl/N-ethyl adjacent to an activating group) is 1. The minimum atomic E-state index is 0.138. The molecule has 4 rings (SSSR count). The van der Waals surface area contributed by atoms with Gasteiger partial charge in [-0.15, -0.1) is 0 Å². The maximum Gasteiger partial charge on any atom is 0.253 e. The molecule has 2 aromatic rings. The quantitative estimate of drug-likeness (QED) is 0.784. The zero-order valence-corrected chi connectivity index (χ0v) is 17.5. The summed E-state index contributed by atoms with van der Waals surface area (Å²) in [6.07, 6.45) is 6.66. The van der Waals surface area contributed by atoms with Crippen LogP contribution < -0.4 is 0 Å². The molecule has 1 aromatic heterocycles. The van der Waals surface area contributed by atoms with Crippen LogP contribution in [0.2, 0.25) is 0 Å². The Morgan fingerprint density at radius 2 is 1.52 bits per heavy atom. The van der Waals surface area contributed by atoms with Gasteiger partial charge in [0.2, 0.25) is 0 Å². The second-order valence-electron chi connectivity index (χ2n) is 8.57. The smallest absolute Gasteiger partial charge is 0.253 e. The van der Waals surface area contributed by atoms with Gasteiger partial charge in [-0.3, -0.25) is 14.7 Å². The average Bonchev–Trinajstić information content (AvgIpc) is 2.77. The number of carbonyl (C=O) groups excluding carboxylic acids is 1. The van der Waals surface area contributed by atoms with Crippen molar-refractivity contribution in [2.45, 2.75) is 25.8 Å². The van der Waals surface area contributed by atoms with E-state index < -0.39 is 0 Å². The van der Waals surface area contributed by atoms with Crippen LogP contribution in [0.15, 0.2) is 48.8 Å². The summed E-state index contributed by atoms with van der Waals surface area (Å²) in [7, 11) is 2.20. The van der Waals surface area contributed by atoms with Gasteiger partial charge >= 0.3 is 0 Å². The maximum atomic E-state index is 12.6. The van der Waals surface area contributed by atoms with Gasteiger partial charge in [0.05, 0.1) is 0 Å². The van der Waals surface area contributed by atoms with Gasteiger partial charge in [0.25, 0.3) is 5.91 Å². The fourth-order valence-corrected chi connectivity index (χ4v) is 4.40. The predicted octanol–water partition coefficient (Wildman–Crippen LogP) is 2.92. The van der Waals surface area contributed by atoms with Crippen molar-refractivity contribution in [2.24, 2.45) is 5.92 Å². The van der Waals surface area contributed by atoms with Gasteiger partial charge in [-0.1, -0.05) is 24.3 Å². The van der Waals surface area contributed by atoms with E-state index >= 15 is 0 Å². The summed E-state index contributed by atoms with van der Waals surface area (Å²) in [6.45, 7) is 7.43. The van der Waals surface area contributed by atoms with Crippen LogP contribution in [0, 0.1) is 5.92 Å². The number of aromatic nitrogens is 1. The van der Waals surface area contributed by atoms with Crippen LogP contribution in [0.1, 0.15) is 34.3 Å². The van der Waals surface area contributed by atoms with Gasteiger partial charge in [0, 0.05) is 63.8 Å². The van der Waals surface area contributed by atoms with Crippen molar-refractivity contribution < 1.29 is 4.79 Å². The summed E-state index contributed by atoms with van der Waals surface area (Å²) >= 11 is 0. The first kappa shape index (κ1) is 20.0. The van der Waals surface area contributed by atoms with Crippen molar-refractivity contribution in [3.63, 3.8) is 0 Å². The Bertz CT molecular complexity index is 776. The lowest BCUT2D eigenvalue weighted by molar-refractivity contribution is 0.0690. The van der Waals surface area contributed by atoms with Crippen LogP contribution in [0.25, 0.3) is 0 Å². The fourth-order valence-electron chi connectivity index (χ4n) is 4.40. The third-order valence-corrected chi connectivity index (χ3v) is 6.38. The third kappa shape index (κ3) is 5.43. The minimum absolute atomic E-state index is 0.138. The second kappa shape index (κ2) is 9.51. The summed E-state index contributed by atoms with van der Waals surface area (Å²) in [5.41, 5.74) is 3.58. The summed E-state index contributed by atoms with van der Waals surface area (Å²) in [6, 6.07) is 12.8. The second-order valence-corrected chi connectivity index (χ2v) is 8.57. The van der Waals surface area contributed by atoms with E-state index in [-0.39, 0.29) is 5.91 Å². The molecule has 1 aromatic carbocycles. The molecule has 0 atom stereocenters. The monoisotopic (exact) mass is 392 g/mol. The molecule has 0 unspecified atom stereocenters. The number of benzene rings is 1. The number of hydrogen-bond acceptors (Lipinski definition) is 4. The van der Waals surface area contributed by atoms with Crippen LogP contribution >= 0.6 is 0 Å². The Morgan fingerprint density at radius 1 is 0.897 bits per heavy atom. The molecule has 154 valence electrons. The van der Waals surface area contributed by atoms with E-state index in [4.69, 9.17) is 0 Å². The lowest BCUT2D eigenvalue weighted by Gasteiger charge is -2.32. The Hall–Kier alpha value is -2.24. The molecular weight excluding hydrogens is 360 g/mol. The van der Waals surface area contributed by atoms with Crippen molar-refractivity contribution in [3.8, 4) is 0 Å². The molecule has 2 saturated heterocycles. The number of nitrogens with zero attached hydrogens (tertiary/aromatic N) is 4. The van der Waals surface area contributed by atoms with Gasteiger partial charge in [-0.25, -0.2) is 0 Å². The Kier molecular flexibility index (Phi) is 6.57. The Morgan fingerprint density at radius 3 is 2.17 bits per heavy atom. The van der Waals surface area contributed by atoms with Crippen LogP contribution in [0.4, 0.5) is 0 Å². The molecule has 0 radical (unpaired) electrons. The van der Waals surface area contributed by atoms with Crippen molar-refractivity contribution in [1.82, 2.24) is 19.7 Å². The molecule has 2 aliphatic rings. The summed E-state index contributed by atoms with van der Waals surface area (Å²) in [4.78, 5) is 23.5. The van der Waals surface area contributed by atoms with Crippen molar-refractivity contribution in [1.29, 1.82) is 0 Å². The van der Waals surface area contributed by atoms with Crippen molar-refractivity contribution in [2.75, 3.05) is 46.3 Å². The number of pyridine rings is 1. The lowest BCUT2D eigenvalue weighted by atomic mass is 9.89. The zero-order chi connectivity index (χ0) is 20.1. The van der Waals surface area contributed by atoms with E-state index in [1.807, 2.05) is 4.90 Å². The molecule has 5 heteroatoms. The Labute approximate surface area is 174 Å². The van der Waals surface area contributed by atoms with Crippen molar-refractivity contribution >= 4 is 5.91 Å². The molecule has 0 aliphatic carbocycles. The molecule has 0 N–H and O–H groups in total. The highest BCUT2D eigenvalue weighted by molar-refractivity contribution is 5.94. The molecule has 29 heavy (non-hydrogen) atoms. The molecule has 0 saturated carbocycles. The first-order valence-electron chi connectivity index (χ1n) is 10.9. The molecule has 1 amide bonds. The highest BCUT2D eigenvalue weighted by Gasteiger charge is 2.23. The Balaban J connectivity index is 1.24. The van der Waals surface area contributed by atoms with E-state index in [1.54, 1.807) is 24.5 Å². The van der Waals surface area contributed by atoms with E-state index in [2.05, 4.69) is 46.1 Å². The van der Waals surface area contributed by atoms with E-state index in [0.717, 1.165) is 57.5 Å². The zero-order valence-electron chi connectivity index (χ0n) is 17.5. The number of carbonyl (C=O) groups is 1. The number of piperidine rings is 1. The van der Waals surface area contributed by atoms with Crippen molar-refractivity contribution in [3.05, 3.63) is 65.5 Å². The molecule has 2 fully saturated rings. The van der Waals surface area contributed by atoms with E-state index in [1.165, 1.54) is 24.2 Å². The molecule has 5 nitrogen and oxygen atoms in total. The first-order chi connectivity index (χ1) is 14.2. The maximum absolute atomic E-state index is 12.6. The minimum Gasteiger partial charge on any atom is -0.339 e. The van der Waals surface area contributed by atoms with Crippen LogP contribution in [-0.4, -0.2) is 71.9 Å². The summed E-state index contributed by atoms with van der Waals surface area (Å²) in [5.74, 6) is 0.805. The summed E-state index contributed by atoms with van der Waals surface area (Å²) < 4.78 is 0. The summed E-state index contributed by atoms with van der Waals surface area (Å²) in [5, 5.41) is 0. The van der Waals surface area contributed by atoms with E-state index in [0.29, 0.717) is 5.92 Å².